The van der Waals surface area contributed by atoms with Gasteiger partial charge in [0.05, 0.1) is 11.0 Å². The molecule has 0 amide bonds. The molecule has 0 unspecified atom stereocenters. The van der Waals surface area contributed by atoms with E-state index in [1.54, 1.807) is 0 Å². The molecule has 56 heavy (non-hydrogen) atoms. The van der Waals surface area contributed by atoms with Gasteiger partial charge in [0, 0.05) is 39.0 Å². The molecule has 0 aliphatic rings. The molecular weight excluding hydrogens is 683 g/mol. The second-order valence-electron chi connectivity index (χ2n) is 13.7. The molecule has 264 valence electrons. The molecule has 0 N–H and O–H groups in total. The third-order valence-electron chi connectivity index (χ3n) is 10.2. The fraction of sp³-hybridized carbons (Fsp3) is 0. The topological polar surface area (TPSA) is 46.8 Å². The molecular formula is C51H35N5. The number of aromatic nitrogens is 4. The maximum atomic E-state index is 5.28. The van der Waals surface area contributed by atoms with Crippen molar-refractivity contribution < 1.29 is 0 Å². The smallest absolute Gasteiger partial charge is 0.238 e. The van der Waals surface area contributed by atoms with Crippen LogP contribution in [0.1, 0.15) is 0 Å². The van der Waals surface area contributed by atoms with Crippen LogP contribution in [0.4, 0.5) is 17.1 Å². The molecule has 8 aromatic carbocycles. The Hall–Kier alpha value is -7.63. The van der Waals surface area contributed by atoms with Crippen LogP contribution < -0.4 is 4.90 Å². The Bertz CT molecular complexity index is 2920. The third kappa shape index (κ3) is 6.07. The quantitative estimate of drug-likeness (QED) is 0.157. The van der Waals surface area contributed by atoms with Gasteiger partial charge in [-0.15, -0.1) is 0 Å². The number of fused-ring (bicyclic) bond motifs is 3. The maximum absolute atomic E-state index is 5.28. The SMILES string of the molecule is c1ccc(-c2cccc(N(c3ccccc3)c3cccc(-c4ccccc4-c4nc(-c5ccccc5)nc(-n5c6ccccc6c6ccccc65)n4)c3)c2)cc1. The maximum Gasteiger partial charge on any atom is 0.238 e. The standard InChI is InChI=1S/C51H35N5/c1-4-18-36(19-5-1)38-22-16-26-41(34-38)55(40-24-8-3-9-25-40)42-27-17-23-39(35-42)43-28-10-11-31-46(43)50-52-49(37-20-6-2-7-21-37)53-51(54-50)56-47-32-14-12-29-44(47)45-30-13-15-33-48(45)56/h1-35H. The van der Waals surface area contributed by atoms with Crippen LogP contribution >= 0.6 is 0 Å². The highest BCUT2D eigenvalue weighted by Gasteiger charge is 2.20. The van der Waals surface area contributed by atoms with Crippen molar-refractivity contribution in [2.45, 2.75) is 0 Å². The summed E-state index contributed by atoms with van der Waals surface area (Å²) >= 11 is 0. The first kappa shape index (κ1) is 33.0. The third-order valence-corrected chi connectivity index (χ3v) is 10.2. The van der Waals surface area contributed by atoms with E-state index in [0.717, 1.165) is 66.7 Å². The van der Waals surface area contributed by atoms with E-state index in [4.69, 9.17) is 15.0 Å². The highest BCUT2D eigenvalue weighted by Crippen LogP contribution is 2.40. The van der Waals surface area contributed by atoms with Gasteiger partial charge < -0.3 is 4.90 Å². The Balaban J connectivity index is 1.14. The number of benzene rings is 8. The van der Waals surface area contributed by atoms with Crippen LogP contribution in [0.3, 0.4) is 0 Å². The molecule has 5 heteroatoms. The van der Waals surface area contributed by atoms with Crippen molar-refractivity contribution in [1.29, 1.82) is 0 Å². The molecule has 0 fully saturated rings. The lowest BCUT2D eigenvalue weighted by Crippen LogP contribution is -2.10. The molecule has 0 radical (unpaired) electrons. The van der Waals surface area contributed by atoms with E-state index in [9.17, 15) is 0 Å². The van der Waals surface area contributed by atoms with E-state index in [0.29, 0.717) is 17.6 Å². The molecule has 10 aromatic rings. The number of anilines is 3. The summed E-state index contributed by atoms with van der Waals surface area (Å²) in [5.74, 6) is 1.79. The molecule has 0 saturated carbocycles. The Morgan fingerprint density at radius 3 is 1.45 bits per heavy atom. The van der Waals surface area contributed by atoms with Gasteiger partial charge in [0.15, 0.2) is 11.6 Å². The summed E-state index contributed by atoms with van der Waals surface area (Å²) in [5, 5.41) is 2.31. The first-order chi connectivity index (χ1) is 27.8. The van der Waals surface area contributed by atoms with Crippen molar-refractivity contribution >= 4 is 38.9 Å². The molecule has 0 spiro atoms. The average Bonchev–Trinajstić information content (AvgIpc) is 3.62. The molecule has 0 aliphatic heterocycles. The number of para-hydroxylation sites is 3. The summed E-state index contributed by atoms with van der Waals surface area (Å²) in [6.45, 7) is 0. The fourth-order valence-corrected chi connectivity index (χ4v) is 7.66. The molecule has 2 aromatic heterocycles. The van der Waals surface area contributed by atoms with E-state index in [2.05, 4.69) is 204 Å². The zero-order chi connectivity index (χ0) is 37.3. The van der Waals surface area contributed by atoms with E-state index in [1.807, 2.05) is 18.2 Å². The molecule has 0 aliphatic carbocycles. The summed E-state index contributed by atoms with van der Waals surface area (Å²) in [7, 11) is 0. The predicted molar refractivity (Wildman–Crippen MR) is 231 cm³/mol. The van der Waals surface area contributed by atoms with Crippen molar-refractivity contribution in [2.75, 3.05) is 4.90 Å². The summed E-state index contributed by atoms with van der Waals surface area (Å²) in [4.78, 5) is 17.9. The van der Waals surface area contributed by atoms with Gasteiger partial charge in [0.25, 0.3) is 0 Å². The summed E-state index contributed by atoms with van der Waals surface area (Å²) < 4.78 is 2.16. The zero-order valence-electron chi connectivity index (χ0n) is 30.4. The first-order valence-electron chi connectivity index (χ1n) is 18.8. The van der Waals surface area contributed by atoms with Gasteiger partial charge in [0.2, 0.25) is 5.95 Å². The van der Waals surface area contributed by atoms with E-state index < -0.39 is 0 Å². The second kappa shape index (κ2) is 14.3. The number of rotatable bonds is 8. The minimum absolute atomic E-state index is 0.573. The normalized spacial score (nSPS) is 11.2. The van der Waals surface area contributed by atoms with Gasteiger partial charge in [-0.2, -0.15) is 9.97 Å². The highest BCUT2D eigenvalue weighted by molar-refractivity contribution is 6.09. The largest absolute Gasteiger partial charge is 0.310 e. The van der Waals surface area contributed by atoms with Crippen molar-refractivity contribution in [1.82, 2.24) is 19.5 Å². The highest BCUT2D eigenvalue weighted by atomic mass is 15.2. The van der Waals surface area contributed by atoms with Crippen LogP contribution in [0.15, 0.2) is 212 Å². The number of hydrogen-bond donors (Lipinski definition) is 0. The molecule has 10 rings (SSSR count). The Morgan fingerprint density at radius 2 is 0.786 bits per heavy atom. The van der Waals surface area contributed by atoms with Gasteiger partial charge >= 0.3 is 0 Å². The van der Waals surface area contributed by atoms with Crippen molar-refractivity contribution in [2.24, 2.45) is 0 Å². The molecule has 2 heterocycles. The molecule has 5 nitrogen and oxygen atoms in total. The summed E-state index contributed by atoms with van der Waals surface area (Å²) in [6.07, 6.45) is 0. The van der Waals surface area contributed by atoms with Crippen LogP contribution in [-0.4, -0.2) is 19.5 Å². The fourth-order valence-electron chi connectivity index (χ4n) is 7.66. The van der Waals surface area contributed by atoms with Crippen molar-refractivity contribution in [3.63, 3.8) is 0 Å². The molecule has 0 atom stereocenters. The Labute approximate surface area is 325 Å². The number of hydrogen-bond acceptors (Lipinski definition) is 4. The van der Waals surface area contributed by atoms with Crippen LogP contribution in [0, 0.1) is 0 Å². The first-order valence-corrected chi connectivity index (χ1v) is 18.8. The molecule has 0 bridgehead atoms. The lowest BCUT2D eigenvalue weighted by Gasteiger charge is -2.26. The van der Waals surface area contributed by atoms with Crippen molar-refractivity contribution in [3.05, 3.63) is 212 Å². The predicted octanol–water partition coefficient (Wildman–Crippen LogP) is 13.1. The van der Waals surface area contributed by atoms with Gasteiger partial charge in [-0.1, -0.05) is 164 Å². The van der Waals surface area contributed by atoms with Gasteiger partial charge in [-0.25, -0.2) is 4.98 Å². The minimum atomic E-state index is 0.573. The van der Waals surface area contributed by atoms with E-state index in [-0.39, 0.29) is 0 Å². The van der Waals surface area contributed by atoms with Crippen LogP contribution in [0.2, 0.25) is 0 Å². The Morgan fingerprint density at radius 1 is 0.321 bits per heavy atom. The monoisotopic (exact) mass is 717 g/mol. The average molecular weight is 718 g/mol. The van der Waals surface area contributed by atoms with E-state index in [1.165, 1.54) is 5.56 Å². The van der Waals surface area contributed by atoms with Crippen LogP contribution in [0.25, 0.3) is 72.8 Å². The van der Waals surface area contributed by atoms with Crippen LogP contribution in [-0.2, 0) is 0 Å². The van der Waals surface area contributed by atoms with Gasteiger partial charge in [-0.05, 0) is 70.8 Å². The van der Waals surface area contributed by atoms with Gasteiger partial charge in [-0.3, -0.25) is 4.57 Å². The van der Waals surface area contributed by atoms with E-state index >= 15 is 0 Å². The minimum Gasteiger partial charge on any atom is -0.310 e. The zero-order valence-corrected chi connectivity index (χ0v) is 30.4. The molecule has 0 saturated heterocycles. The number of nitrogens with zero attached hydrogens (tertiary/aromatic N) is 5. The van der Waals surface area contributed by atoms with Crippen LogP contribution in [0.5, 0.6) is 0 Å². The van der Waals surface area contributed by atoms with Crippen molar-refractivity contribution in [3.8, 4) is 51.0 Å². The van der Waals surface area contributed by atoms with Gasteiger partial charge in [0.1, 0.15) is 0 Å². The summed E-state index contributed by atoms with van der Waals surface area (Å²) in [6, 6.07) is 74.0. The Kier molecular flexibility index (Phi) is 8.43. The second-order valence-corrected chi connectivity index (χ2v) is 13.7. The summed E-state index contributed by atoms with van der Waals surface area (Å²) in [5.41, 5.74) is 11.5. The lowest BCUT2D eigenvalue weighted by molar-refractivity contribution is 0.953. The lowest BCUT2D eigenvalue weighted by atomic mass is 9.98.